The molecule has 7 nitrogen and oxygen atoms in total. The maximum Gasteiger partial charge on any atom is 0.238 e. The monoisotopic (exact) mass is 390 g/mol. The van der Waals surface area contributed by atoms with E-state index in [1.807, 2.05) is 30.8 Å². The van der Waals surface area contributed by atoms with Crippen molar-refractivity contribution in [3.05, 3.63) is 54.1 Å². The molecule has 0 bridgehead atoms. The predicted molar refractivity (Wildman–Crippen MR) is 108 cm³/mol. The molecular formula is C19H26N4O3S. The summed E-state index contributed by atoms with van der Waals surface area (Å²) in [5, 5.41) is 7.84. The van der Waals surface area contributed by atoms with Gasteiger partial charge in [0, 0.05) is 32.0 Å². The number of carbonyl (C=O) groups is 1. The number of rotatable bonds is 8. The molecule has 0 radical (unpaired) electrons. The highest BCUT2D eigenvalue weighted by atomic mass is 32.2. The van der Waals surface area contributed by atoms with Crippen molar-refractivity contribution in [2.45, 2.75) is 18.4 Å². The Labute approximate surface area is 160 Å². The minimum absolute atomic E-state index is 0.0110. The number of hydrogen-bond acceptors (Lipinski definition) is 5. The predicted octanol–water partition coefficient (Wildman–Crippen LogP) is 1.86. The Morgan fingerprint density at radius 1 is 1.04 bits per heavy atom. The molecule has 2 aromatic carbocycles. The molecule has 27 heavy (non-hydrogen) atoms. The topological polar surface area (TPSA) is 95.7 Å². The largest absolute Gasteiger partial charge is 0.378 e. The average Bonchev–Trinajstić information content (AvgIpc) is 2.61. The maximum atomic E-state index is 12.3. The summed E-state index contributed by atoms with van der Waals surface area (Å²) in [6, 6.07) is 14.0. The van der Waals surface area contributed by atoms with E-state index in [9.17, 15) is 13.2 Å². The molecule has 146 valence electrons. The molecule has 2 rings (SSSR count). The van der Waals surface area contributed by atoms with Crippen molar-refractivity contribution < 1.29 is 13.2 Å². The summed E-state index contributed by atoms with van der Waals surface area (Å²) in [6.45, 7) is 3.64. The molecule has 0 aliphatic rings. The van der Waals surface area contributed by atoms with E-state index in [0.717, 1.165) is 17.8 Å². The fourth-order valence-electron chi connectivity index (χ4n) is 2.57. The number of primary sulfonamides is 1. The summed E-state index contributed by atoms with van der Waals surface area (Å²) in [7, 11) is 0.248. The summed E-state index contributed by atoms with van der Waals surface area (Å²) in [5.41, 5.74) is 2.79. The Kier molecular flexibility index (Phi) is 6.95. The summed E-state index contributed by atoms with van der Waals surface area (Å²) >= 11 is 0. The molecule has 8 heteroatoms. The first kappa shape index (κ1) is 20.9. The van der Waals surface area contributed by atoms with E-state index >= 15 is 0 Å². The minimum Gasteiger partial charge on any atom is -0.378 e. The van der Waals surface area contributed by atoms with Crippen molar-refractivity contribution in [1.82, 2.24) is 4.90 Å². The Hall–Kier alpha value is -2.42. The SMILES string of the molecule is CCN(CC(=O)Nc1ccc(S(N)(=O)=O)cc1)Cc1ccc(N(C)C)cc1. The van der Waals surface area contributed by atoms with Crippen LogP contribution in [-0.2, 0) is 21.4 Å². The summed E-state index contributed by atoms with van der Waals surface area (Å²) in [4.78, 5) is 16.4. The van der Waals surface area contributed by atoms with Gasteiger partial charge in [-0.05, 0) is 48.5 Å². The number of nitrogens with zero attached hydrogens (tertiary/aromatic N) is 2. The van der Waals surface area contributed by atoms with Crippen LogP contribution in [0.1, 0.15) is 12.5 Å². The third-order valence-electron chi connectivity index (χ3n) is 4.14. The molecule has 0 atom stereocenters. The number of sulfonamides is 1. The van der Waals surface area contributed by atoms with Crippen LogP contribution in [0.3, 0.4) is 0 Å². The maximum absolute atomic E-state index is 12.3. The molecule has 0 fully saturated rings. The lowest BCUT2D eigenvalue weighted by Gasteiger charge is -2.20. The first-order valence-electron chi connectivity index (χ1n) is 8.60. The molecule has 0 aromatic heterocycles. The first-order valence-corrected chi connectivity index (χ1v) is 10.1. The lowest BCUT2D eigenvalue weighted by atomic mass is 10.2. The quantitative estimate of drug-likeness (QED) is 0.717. The Balaban J connectivity index is 1.94. The van der Waals surface area contributed by atoms with Gasteiger partial charge in [0.1, 0.15) is 0 Å². The summed E-state index contributed by atoms with van der Waals surface area (Å²) < 4.78 is 22.5. The van der Waals surface area contributed by atoms with E-state index in [0.29, 0.717) is 12.2 Å². The van der Waals surface area contributed by atoms with Crippen LogP contribution in [0.25, 0.3) is 0 Å². The second kappa shape index (κ2) is 8.98. The van der Waals surface area contributed by atoms with Gasteiger partial charge < -0.3 is 10.2 Å². The molecule has 0 aliphatic carbocycles. The average molecular weight is 391 g/mol. The molecule has 2 aromatic rings. The van der Waals surface area contributed by atoms with Crippen molar-refractivity contribution in [2.75, 3.05) is 37.4 Å². The molecule has 0 spiro atoms. The van der Waals surface area contributed by atoms with Gasteiger partial charge in [-0.2, -0.15) is 0 Å². The van der Waals surface area contributed by atoms with E-state index < -0.39 is 10.0 Å². The second-order valence-electron chi connectivity index (χ2n) is 6.48. The van der Waals surface area contributed by atoms with E-state index in [1.54, 1.807) is 0 Å². The van der Waals surface area contributed by atoms with Crippen molar-refractivity contribution in [3.63, 3.8) is 0 Å². The number of amides is 1. The number of benzene rings is 2. The van der Waals surface area contributed by atoms with E-state index in [4.69, 9.17) is 5.14 Å². The van der Waals surface area contributed by atoms with Crippen LogP contribution in [0.5, 0.6) is 0 Å². The molecule has 3 N–H and O–H groups in total. The molecule has 0 saturated carbocycles. The number of nitrogens with two attached hydrogens (primary N) is 1. The highest BCUT2D eigenvalue weighted by Gasteiger charge is 2.12. The number of carbonyl (C=O) groups excluding carboxylic acids is 1. The number of anilines is 2. The zero-order valence-corrected chi connectivity index (χ0v) is 16.7. The smallest absolute Gasteiger partial charge is 0.238 e. The van der Waals surface area contributed by atoms with Crippen molar-refractivity contribution in [1.29, 1.82) is 0 Å². The zero-order chi connectivity index (χ0) is 20.0. The van der Waals surface area contributed by atoms with Crippen LogP contribution in [0, 0.1) is 0 Å². The van der Waals surface area contributed by atoms with Gasteiger partial charge in [-0.3, -0.25) is 9.69 Å². The van der Waals surface area contributed by atoms with E-state index in [-0.39, 0.29) is 17.3 Å². The lowest BCUT2D eigenvalue weighted by molar-refractivity contribution is -0.117. The highest BCUT2D eigenvalue weighted by Crippen LogP contribution is 2.15. The fraction of sp³-hybridized carbons (Fsp3) is 0.316. The molecular weight excluding hydrogens is 364 g/mol. The van der Waals surface area contributed by atoms with Crippen LogP contribution in [-0.4, -0.2) is 46.4 Å². The van der Waals surface area contributed by atoms with Crippen LogP contribution >= 0.6 is 0 Å². The molecule has 1 amide bonds. The summed E-state index contributed by atoms with van der Waals surface area (Å²) in [5.74, 6) is -0.162. The first-order chi connectivity index (χ1) is 12.7. The van der Waals surface area contributed by atoms with Gasteiger partial charge in [0.2, 0.25) is 15.9 Å². The van der Waals surface area contributed by atoms with Gasteiger partial charge in [-0.15, -0.1) is 0 Å². The van der Waals surface area contributed by atoms with Gasteiger partial charge in [0.15, 0.2) is 0 Å². The van der Waals surface area contributed by atoms with Crippen LogP contribution in [0.4, 0.5) is 11.4 Å². The van der Waals surface area contributed by atoms with E-state index in [2.05, 4.69) is 29.6 Å². The Morgan fingerprint density at radius 2 is 1.63 bits per heavy atom. The van der Waals surface area contributed by atoms with Gasteiger partial charge in [0.25, 0.3) is 0 Å². The zero-order valence-electron chi connectivity index (χ0n) is 15.8. The Morgan fingerprint density at radius 3 is 2.11 bits per heavy atom. The van der Waals surface area contributed by atoms with Gasteiger partial charge in [0.05, 0.1) is 11.4 Å². The highest BCUT2D eigenvalue weighted by molar-refractivity contribution is 7.89. The summed E-state index contributed by atoms with van der Waals surface area (Å²) in [6.07, 6.45) is 0. The van der Waals surface area contributed by atoms with Crippen LogP contribution in [0.2, 0.25) is 0 Å². The molecule has 0 saturated heterocycles. The molecule has 0 aliphatic heterocycles. The number of nitrogens with one attached hydrogen (secondary N) is 1. The number of likely N-dealkylation sites (N-methyl/N-ethyl adjacent to an activating group) is 1. The normalized spacial score (nSPS) is 11.4. The number of hydrogen-bond donors (Lipinski definition) is 2. The van der Waals surface area contributed by atoms with Crippen molar-refractivity contribution in [3.8, 4) is 0 Å². The molecule has 0 heterocycles. The fourth-order valence-corrected chi connectivity index (χ4v) is 3.08. The van der Waals surface area contributed by atoms with Crippen LogP contribution in [0.15, 0.2) is 53.4 Å². The van der Waals surface area contributed by atoms with Gasteiger partial charge in [-0.25, -0.2) is 13.6 Å². The van der Waals surface area contributed by atoms with E-state index in [1.165, 1.54) is 24.3 Å². The third-order valence-corrected chi connectivity index (χ3v) is 5.07. The molecule has 0 unspecified atom stereocenters. The van der Waals surface area contributed by atoms with Crippen molar-refractivity contribution in [2.24, 2.45) is 5.14 Å². The van der Waals surface area contributed by atoms with Crippen LogP contribution < -0.4 is 15.4 Å². The van der Waals surface area contributed by atoms with Crippen molar-refractivity contribution >= 4 is 27.3 Å². The lowest BCUT2D eigenvalue weighted by Crippen LogP contribution is -2.32. The minimum atomic E-state index is -3.74. The second-order valence-corrected chi connectivity index (χ2v) is 8.04. The third kappa shape index (κ3) is 6.35. The van der Waals surface area contributed by atoms with Gasteiger partial charge in [-0.1, -0.05) is 19.1 Å². The van der Waals surface area contributed by atoms with Gasteiger partial charge >= 0.3 is 0 Å². The standard InChI is InChI=1S/C19H26N4O3S/c1-4-23(13-15-5-9-17(10-6-15)22(2)3)14-19(24)21-16-7-11-18(12-8-16)27(20,25)26/h5-12H,4,13-14H2,1-3H3,(H,21,24)(H2,20,25,26). The Bertz CT molecular complexity index is 863.